The lowest BCUT2D eigenvalue weighted by Gasteiger charge is -2.31. The van der Waals surface area contributed by atoms with Crippen LogP contribution in [-0.2, 0) is 4.79 Å². The van der Waals surface area contributed by atoms with Crippen molar-refractivity contribution in [3.05, 3.63) is 41.2 Å². The van der Waals surface area contributed by atoms with Crippen LogP contribution in [0.2, 0.25) is 0 Å². The predicted molar refractivity (Wildman–Crippen MR) is 81.2 cm³/mol. The van der Waals surface area contributed by atoms with Crippen LogP contribution in [0.4, 0.5) is 5.69 Å². The highest BCUT2D eigenvalue weighted by Crippen LogP contribution is 2.34. The molecule has 0 atom stereocenters. The number of aryl methyl sites for hydroxylation is 2. The van der Waals surface area contributed by atoms with E-state index in [-0.39, 0.29) is 11.8 Å². The van der Waals surface area contributed by atoms with Crippen molar-refractivity contribution in [3.8, 4) is 5.75 Å². The zero-order chi connectivity index (χ0) is 16.1. The minimum Gasteiger partial charge on any atom is -0.476 e. The Labute approximate surface area is 128 Å². The van der Waals surface area contributed by atoms with Gasteiger partial charge in [0.1, 0.15) is 5.75 Å². The number of amides is 1. The SMILES string of the molecule is Cc1cc(C)n(C(=O)c2ccc3c(c2)NC(=O)C(C)(C)O3)n1. The third-order valence-corrected chi connectivity index (χ3v) is 3.59. The topological polar surface area (TPSA) is 73.2 Å². The smallest absolute Gasteiger partial charge is 0.278 e. The number of hydrogen-bond acceptors (Lipinski definition) is 4. The number of nitrogens with one attached hydrogen (secondary N) is 1. The van der Waals surface area contributed by atoms with E-state index in [1.807, 2.05) is 19.9 Å². The van der Waals surface area contributed by atoms with E-state index in [0.29, 0.717) is 17.0 Å². The van der Waals surface area contributed by atoms with Crippen LogP contribution < -0.4 is 10.1 Å². The first-order chi connectivity index (χ1) is 10.3. The molecule has 0 radical (unpaired) electrons. The highest BCUT2D eigenvalue weighted by Gasteiger charge is 2.35. The molecule has 2 heterocycles. The molecule has 0 aliphatic carbocycles. The number of hydrogen-bond donors (Lipinski definition) is 1. The number of benzene rings is 1. The lowest BCUT2D eigenvalue weighted by atomic mass is 10.0. The fraction of sp³-hybridized carbons (Fsp3) is 0.312. The molecule has 0 spiro atoms. The van der Waals surface area contributed by atoms with Crippen LogP contribution in [0.25, 0.3) is 0 Å². The highest BCUT2D eigenvalue weighted by atomic mass is 16.5. The minimum atomic E-state index is -0.922. The average Bonchev–Trinajstić information content (AvgIpc) is 2.77. The van der Waals surface area contributed by atoms with Crippen molar-refractivity contribution in [3.63, 3.8) is 0 Å². The van der Waals surface area contributed by atoms with Gasteiger partial charge in [0.25, 0.3) is 11.8 Å². The molecule has 1 aromatic carbocycles. The molecule has 0 fully saturated rings. The van der Waals surface area contributed by atoms with Crippen molar-refractivity contribution < 1.29 is 14.3 Å². The van der Waals surface area contributed by atoms with Gasteiger partial charge in [-0.1, -0.05) is 0 Å². The fourth-order valence-electron chi connectivity index (χ4n) is 2.40. The second-order valence-electron chi connectivity index (χ2n) is 5.92. The first-order valence-corrected chi connectivity index (χ1v) is 7.00. The quantitative estimate of drug-likeness (QED) is 0.877. The van der Waals surface area contributed by atoms with E-state index >= 15 is 0 Å². The van der Waals surface area contributed by atoms with Crippen molar-refractivity contribution in [2.75, 3.05) is 5.32 Å². The van der Waals surface area contributed by atoms with Gasteiger partial charge < -0.3 is 10.1 Å². The van der Waals surface area contributed by atoms with Gasteiger partial charge >= 0.3 is 0 Å². The molecule has 2 aromatic rings. The molecule has 1 N–H and O–H groups in total. The average molecular weight is 299 g/mol. The number of fused-ring (bicyclic) bond motifs is 1. The maximum absolute atomic E-state index is 12.5. The van der Waals surface area contributed by atoms with Crippen LogP contribution in [0, 0.1) is 13.8 Å². The van der Waals surface area contributed by atoms with Crippen LogP contribution in [0.3, 0.4) is 0 Å². The number of carbonyl (C=O) groups excluding carboxylic acids is 2. The third-order valence-electron chi connectivity index (χ3n) is 3.59. The Morgan fingerprint density at radius 2 is 2.00 bits per heavy atom. The van der Waals surface area contributed by atoms with Crippen LogP contribution in [0.1, 0.15) is 35.6 Å². The second kappa shape index (κ2) is 4.69. The Hall–Kier alpha value is -2.63. The van der Waals surface area contributed by atoms with E-state index in [1.54, 1.807) is 32.0 Å². The summed E-state index contributed by atoms with van der Waals surface area (Å²) in [5.41, 5.74) is 1.56. The van der Waals surface area contributed by atoms with Crippen molar-refractivity contribution in [1.82, 2.24) is 9.78 Å². The van der Waals surface area contributed by atoms with Crippen molar-refractivity contribution >= 4 is 17.5 Å². The zero-order valence-corrected chi connectivity index (χ0v) is 12.9. The van der Waals surface area contributed by atoms with E-state index < -0.39 is 5.60 Å². The van der Waals surface area contributed by atoms with Gasteiger partial charge in [-0.2, -0.15) is 5.10 Å². The number of anilines is 1. The zero-order valence-electron chi connectivity index (χ0n) is 12.9. The first kappa shape index (κ1) is 14.3. The Morgan fingerprint density at radius 1 is 1.27 bits per heavy atom. The molecule has 0 saturated heterocycles. The van der Waals surface area contributed by atoms with Gasteiger partial charge in [0.05, 0.1) is 11.4 Å². The van der Waals surface area contributed by atoms with Gasteiger partial charge in [-0.3, -0.25) is 9.59 Å². The monoisotopic (exact) mass is 299 g/mol. The summed E-state index contributed by atoms with van der Waals surface area (Å²) >= 11 is 0. The maximum atomic E-state index is 12.5. The molecule has 1 aliphatic rings. The van der Waals surface area contributed by atoms with Gasteiger partial charge in [0.15, 0.2) is 5.60 Å². The van der Waals surface area contributed by atoms with E-state index in [0.717, 1.165) is 11.4 Å². The molecule has 0 unspecified atom stereocenters. The van der Waals surface area contributed by atoms with Gasteiger partial charge in [0, 0.05) is 11.3 Å². The van der Waals surface area contributed by atoms with Crippen LogP contribution >= 0.6 is 0 Å². The molecule has 1 aromatic heterocycles. The lowest BCUT2D eigenvalue weighted by molar-refractivity contribution is -0.129. The summed E-state index contributed by atoms with van der Waals surface area (Å²) in [6.07, 6.45) is 0. The normalized spacial score (nSPS) is 15.7. The molecule has 1 aliphatic heterocycles. The number of rotatable bonds is 1. The predicted octanol–water partition coefficient (Wildman–Crippen LogP) is 2.30. The van der Waals surface area contributed by atoms with Crippen LogP contribution in [0.15, 0.2) is 24.3 Å². The molecule has 0 saturated carbocycles. The summed E-state index contributed by atoms with van der Waals surface area (Å²) < 4.78 is 7.01. The number of aromatic nitrogens is 2. The number of nitrogens with zero attached hydrogens (tertiary/aromatic N) is 2. The Morgan fingerprint density at radius 3 is 2.64 bits per heavy atom. The second-order valence-corrected chi connectivity index (χ2v) is 5.92. The van der Waals surface area contributed by atoms with Gasteiger partial charge in [-0.25, -0.2) is 4.68 Å². The van der Waals surface area contributed by atoms with Crippen molar-refractivity contribution in [2.45, 2.75) is 33.3 Å². The first-order valence-electron chi connectivity index (χ1n) is 7.00. The van der Waals surface area contributed by atoms with Crippen molar-refractivity contribution in [1.29, 1.82) is 0 Å². The molecule has 3 rings (SSSR count). The summed E-state index contributed by atoms with van der Waals surface area (Å²) in [7, 11) is 0. The van der Waals surface area contributed by atoms with Crippen LogP contribution in [0.5, 0.6) is 5.75 Å². The summed E-state index contributed by atoms with van der Waals surface area (Å²) in [6.45, 7) is 7.05. The fourth-order valence-corrected chi connectivity index (χ4v) is 2.40. The van der Waals surface area contributed by atoms with E-state index in [9.17, 15) is 9.59 Å². The van der Waals surface area contributed by atoms with E-state index in [1.165, 1.54) is 4.68 Å². The molecule has 6 nitrogen and oxygen atoms in total. The standard InChI is InChI=1S/C16H17N3O3/c1-9-7-10(2)19(18-9)14(20)11-5-6-13-12(8-11)17-15(21)16(3,4)22-13/h5-8H,1-4H3,(H,17,21). The molecule has 0 bridgehead atoms. The third kappa shape index (κ3) is 2.26. The van der Waals surface area contributed by atoms with Crippen LogP contribution in [-0.4, -0.2) is 27.2 Å². The van der Waals surface area contributed by atoms with Crippen molar-refractivity contribution in [2.24, 2.45) is 0 Å². The lowest BCUT2D eigenvalue weighted by Crippen LogP contribution is -2.45. The van der Waals surface area contributed by atoms with Gasteiger partial charge in [-0.05, 0) is 52.0 Å². The number of ether oxygens (including phenoxy) is 1. The molecular formula is C16H17N3O3. The van der Waals surface area contributed by atoms with Gasteiger partial charge in [-0.15, -0.1) is 0 Å². The van der Waals surface area contributed by atoms with Gasteiger partial charge in [0.2, 0.25) is 0 Å². The molecule has 6 heteroatoms. The Kier molecular flexibility index (Phi) is 3.05. The molecule has 114 valence electrons. The summed E-state index contributed by atoms with van der Waals surface area (Å²) in [5.74, 6) is 0.0673. The molecule has 22 heavy (non-hydrogen) atoms. The molecule has 1 amide bonds. The summed E-state index contributed by atoms with van der Waals surface area (Å²) in [5, 5.41) is 6.96. The Bertz CT molecular complexity index is 790. The molecular weight excluding hydrogens is 282 g/mol. The Balaban J connectivity index is 1.98. The largest absolute Gasteiger partial charge is 0.476 e. The van der Waals surface area contributed by atoms with E-state index in [4.69, 9.17) is 4.74 Å². The number of carbonyl (C=O) groups is 2. The summed E-state index contributed by atoms with van der Waals surface area (Å²) in [4.78, 5) is 24.5. The maximum Gasteiger partial charge on any atom is 0.278 e. The van der Waals surface area contributed by atoms with E-state index in [2.05, 4.69) is 10.4 Å². The highest BCUT2D eigenvalue weighted by molar-refractivity contribution is 6.03. The summed E-state index contributed by atoms with van der Waals surface area (Å²) in [6, 6.07) is 6.81. The minimum absolute atomic E-state index is 0.240.